The van der Waals surface area contributed by atoms with Crippen LogP contribution in [0.1, 0.15) is 12.8 Å². The van der Waals surface area contributed by atoms with Crippen molar-refractivity contribution in [3.8, 4) is 0 Å². The van der Waals surface area contributed by atoms with Gasteiger partial charge < -0.3 is 5.32 Å². The first kappa shape index (κ1) is 13.7. The third-order valence-electron chi connectivity index (χ3n) is 2.42. The van der Waals surface area contributed by atoms with Crippen LogP contribution in [0.3, 0.4) is 0 Å². The third kappa shape index (κ3) is 3.92. The number of hydrogen-bond acceptors (Lipinski definition) is 2. The summed E-state index contributed by atoms with van der Waals surface area (Å²) in [6.45, 7) is 1.99. The number of thioether (sulfide) groups is 1. The lowest BCUT2D eigenvalue weighted by Crippen LogP contribution is -2.29. The molecule has 0 amide bonds. The van der Waals surface area contributed by atoms with Gasteiger partial charge in [0.1, 0.15) is 11.6 Å². The average molecular weight is 266 g/mol. The van der Waals surface area contributed by atoms with Gasteiger partial charge in [0.25, 0.3) is 0 Å². The number of rotatable bonds is 2. The molecule has 1 saturated heterocycles. The molecule has 1 aromatic carbocycles. The standard InChI is InChI=1S/C11H13F2NS.ClH/c12-8-5-9(13)7-11(6-8)15-10-1-3-14-4-2-10;/h5-7,10,14H,1-4H2;1H. The van der Waals surface area contributed by atoms with Crippen molar-refractivity contribution in [3.05, 3.63) is 29.8 Å². The van der Waals surface area contributed by atoms with E-state index in [1.807, 2.05) is 0 Å². The highest BCUT2D eigenvalue weighted by atomic mass is 35.5. The first-order valence-corrected chi connectivity index (χ1v) is 5.95. The molecule has 16 heavy (non-hydrogen) atoms. The van der Waals surface area contributed by atoms with Gasteiger partial charge in [-0.2, -0.15) is 0 Å². The van der Waals surface area contributed by atoms with Gasteiger partial charge in [-0.05, 0) is 38.1 Å². The predicted octanol–water partition coefficient (Wildman–Crippen LogP) is 3.23. The van der Waals surface area contributed by atoms with Gasteiger partial charge >= 0.3 is 0 Å². The Bertz CT molecular complexity index is 323. The normalized spacial score (nSPS) is 16.9. The fourth-order valence-electron chi connectivity index (χ4n) is 1.70. The van der Waals surface area contributed by atoms with Crippen LogP contribution in [-0.4, -0.2) is 18.3 Å². The fraction of sp³-hybridized carbons (Fsp3) is 0.455. The highest BCUT2D eigenvalue weighted by molar-refractivity contribution is 8.00. The molecule has 0 radical (unpaired) electrons. The quantitative estimate of drug-likeness (QED) is 0.881. The van der Waals surface area contributed by atoms with Gasteiger partial charge in [0.15, 0.2) is 0 Å². The molecule has 5 heteroatoms. The lowest BCUT2D eigenvalue weighted by molar-refractivity contribution is 0.531. The zero-order chi connectivity index (χ0) is 10.7. The minimum Gasteiger partial charge on any atom is -0.317 e. The summed E-state index contributed by atoms with van der Waals surface area (Å²) in [5, 5.41) is 3.74. The molecule has 90 valence electrons. The Morgan fingerprint density at radius 2 is 1.62 bits per heavy atom. The highest BCUT2D eigenvalue weighted by Gasteiger charge is 2.14. The Labute approximate surface area is 104 Å². The van der Waals surface area contributed by atoms with Crippen LogP contribution in [0.2, 0.25) is 0 Å². The van der Waals surface area contributed by atoms with E-state index < -0.39 is 11.6 Å². The SMILES string of the molecule is Cl.Fc1cc(F)cc(SC2CCNCC2)c1. The molecule has 0 spiro atoms. The van der Waals surface area contributed by atoms with E-state index in [1.54, 1.807) is 11.8 Å². The van der Waals surface area contributed by atoms with Crippen LogP contribution in [0.25, 0.3) is 0 Å². The third-order valence-corrected chi connectivity index (χ3v) is 3.74. The van der Waals surface area contributed by atoms with Crippen LogP contribution < -0.4 is 5.32 Å². The molecule has 1 aliphatic heterocycles. The number of benzene rings is 1. The maximum absolute atomic E-state index is 12.9. The summed E-state index contributed by atoms with van der Waals surface area (Å²) < 4.78 is 25.8. The lowest BCUT2D eigenvalue weighted by atomic mass is 10.2. The van der Waals surface area contributed by atoms with Crippen molar-refractivity contribution >= 4 is 24.2 Å². The molecule has 1 nitrogen and oxygen atoms in total. The van der Waals surface area contributed by atoms with Crippen LogP contribution >= 0.6 is 24.2 Å². The molecule has 1 heterocycles. The van der Waals surface area contributed by atoms with Crippen molar-refractivity contribution in [1.82, 2.24) is 5.32 Å². The van der Waals surface area contributed by atoms with E-state index in [0.29, 0.717) is 10.1 Å². The first-order chi connectivity index (χ1) is 7.24. The molecule has 0 bridgehead atoms. The molecule has 0 saturated carbocycles. The number of hydrogen-bond donors (Lipinski definition) is 1. The van der Waals surface area contributed by atoms with Crippen LogP contribution in [0.4, 0.5) is 8.78 Å². The van der Waals surface area contributed by atoms with E-state index in [9.17, 15) is 8.78 Å². The van der Waals surface area contributed by atoms with Gasteiger partial charge in [0.2, 0.25) is 0 Å². The molecule has 0 atom stereocenters. The molecule has 1 fully saturated rings. The second-order valence-electron chi connectivity index (χ2n) is 3.67. The van der Waals surface area contributed by atoms with E-state index in [0.717, 1.165) is 32.0 Å². The minimum atomic E-state index is -0.494. The van der Waals surface area contributed by atoms with Crippen LogP contribution in [0.15, 0.2) is 23.1 Å². The van der Waals surface area contributed by atoms with Gasteiger partial charge in [0.05, 0.1) is 0 Å². The number of nitrogens with one attached hydrogen (secondary N) is 1. The molecule has 1 N–H and O–H groups in total. The van der Waals surface area contributed by atoms with Crippen molar-refractivity contribution < 1.29 is 8.78 Å². The Morgan fingerprint density at radius 3 is 2.19 bits per heavy atom. The van der Waals surface area contributed by atoms with Gasteiger partial charge in [-0.1, -0.05) is 0 Å². The molecule has 0 aromatic heterocycles. The van der Waals surface area contributed by atoms with Crippen LogP contribution in [-0.2, 0) is 0 Å². The maximum Gasteiger partial charge on any atom is 0.127 e. The van der Waals surface area contributed by atoms with Gasteiger partial charge in [-0.25, -0.2) is 8.78 Å². The molecular weight excluding hydrogens is 252 g/mol. The predicted molar refractivity (Wildman–Crippen MR) is 65.4 cm³/mol. The van der Waals surface area contributed by atoms with Gasteiger partial charge in [0, 0.05) is 16.2 Å². The molecule has 0 unspecified atom stereocenters. The zero-order valence-electron chi connectivity index (χ0n) is 8.71. The smallest absolute Gasteiger partial charge is 0.127 e. The van der Waals surface area contributed by atoms with Crippen molar-refractivity contribution in [3.63, 3.8) is 0 Å². The summed E-state index contributed by atoms with van der Waals surface area (Å²) in [5.74, 6) is -0.988. The maximum atomic E-state index is 12.9. The lowest BCUT2D eigenvalue weighted by Gasteiger charge is -2.21. The highest BCUT2D eigenvalue weighted by Crippen LogP contribution is 2.29. The van der Waals surface area contributed by atoms with Gasteiger partial charge in [-0.15, -0.1) is 24.2 Å². The average Bonchev–Trinajstić information content (AvgIpc) is 2.17. The second kappa shape index (κ2) is 6.42. The number of halogens is 3. The topological polar surface area (TPSA) is 12.0 Å². The van der Waals surface area contributed by atoms with Crippen molar-refractivity contribution in [1.29, 1.82) is 0 Å². The molecule has 0 aliphatic carbocycles. The molecule has 1 aliphatic rings. The summed E-state index contributed by atoms with van der Waals surface area (Å²) in [4.78, 5) is 0.694. The Kier molecular flexibility index (Phi) is 5.52. The fourth-order valence-corrected chi connectivity index (χ4v) is 2.92. The van der Waals surface area contributed by atoms with E-state index in [-0.39, 0.29) is 12.4 Å². The summed E-state index contributed by atoms with van der Waals surface area (Å²) in [5.41, 5.74) is 0. The first-order valence-electron chi connectivity index (χ1n) is 5.07. The summed E-state index contributed by atoms with van der Waals surface area (Å²) in [6, 6.07) is 3.71. The van der Waals surface area contributed by atoms with Gasteiger partial charge in [-0.3, -0.25) is 0 Å². The van der Waals surface area contributed by atoms with Crippen molar-refractivity contribution in [2.24, 2.45) is 0 Å². The molecule has 2 rings (SSSR count). The Hall–Kier alpha value is -0.320. The van der Waals surface area contributed by atoms with E-state index in [2.05, 4.69) is 5.32 Å². The van der Waals surface area contributed by atoms with Crippen molar-refractivity contribution in [2.75, 3.05) is 13.1 Å². The summed E-state index contributed by atoms with van der Waals surface area (Å²) in [7, 11) is 0. The second-order valence-corrected chi connectivity index (χ2v) is 5.05. The summed E-state index contributed by atoms with van der Waals surface area (Å²) >= 11 is 1.57. The molecular formula is C11H14ClF2NS. The van der Waals surface area contributed by atoms with E-state index in [4.69, 9.17) is 0 Å². The summed E-state index contributed by atoms with van der Waals surface area (Å²) in [6.07, 6.45) is 2.12. The Balaban J connectivity index is 0.00000128. The van der Waals surface area contributed by atoms with Crippen LogP contribution in [0.5, 0.6) is 0 Å². The monoisotopic (exact) mass is 265 g/mol. The van der Waals surface area contributed by atoms with E-state index >= 15 is 0 Å². The Morgan fingerprint density at radius 1 is 1.06 bits per heavy atom. The zero-order valence-corrected chi connectivity index (χ0v) is 10.3. The number of piperidine rings is 1. The van der Waals surface area contributed by atoms with Crippen molar-refractivity contribution in [2.45, 2.75) is 23.0 Å². The van der Waals surface area contributed by atoms with Crippen LogP contribution in [0, 0.1) is 11.6 Å². The van der Waals surface area contributed by atoms with E-state index in [1.165, 1.54) is 12.1 Å². The molecule has 1 aromatic rings. The minimum absolute atomic E-state index is 0. The largest absolute Gasteiger partial charge is 0.317 e.